The standard InChI is InChI=1S/C5H4N3O4P/c6-1-2-3-5(8-4(1)7)12-13(9,10-2)11-3/h6H2,(H2,7,8). The fraction of sp³-hybridized carbons (Fsp3) is 0. The fourth-order valence-electron chi connectivity index (χ4n) is 1.17. The average molecular weight is 201 g/mol. The number of nitrogens with two attached hydrogens (primary N) is 2. The molecule has 8 heteroatoms. The predicted octanol–water partition coefficient (Wildman–Crippen LogP) is 0.518. The summed E-state index contributed by atoms with van der Waals surface area (Å²) in [4.78, 5) is 3.74. The summed E-state index contributed by atoms with van der Waals surface area (Å²) in [5.74, 6) is 0.494. The molecule has 0 radical (unpaired) electrons. The molecular weight excluding hydrogens is 197 g/mol. The molecule has 2 aliphatic heterocycles. The number of hydrogen-bond acceptors (Lipinski definition) is 7. The molecule has 0 saturated heterocycles. The molecule has 1 unspecified atom stereocenters. The minimum Gasteiger partial charge on any atom is -0.393 e. The van der Waals surface area contributed by atoms with E-state index in [-0.39, 0.29) is 28.9 Å². The van der Waals surface area contributed by atoms with Gasteiger partial charge in [-0.15, -0.1) is 0 Å². The summed E-state index contributed by atoms with van der Waals surface area (Å²) >= 11 is 0. The first-order valence-corrected chi connectivity index (χ1v) is 4.83. The van der Waals surface area contributed by atoms with E-state index in [1.807, 2.05) is 0 Å². The zero-order valence-corrected chi connectivity index (χ0v) is 7.08. The number of pyridine rings is 1. The van der Waals surface area contributed by atoms with Crippen LogP contribution in [0.3, 0.4) is 0 Å². The van der Waals surface area contributed by atoms with Crippen molar-refractivity contribution in [2.24, 2.45) is 0 Å². The number of phosphoric ester groups is 1. The molecule has 68 valence electrons. The number of anilines is 2. The van der Waals surface area contributed by atoms with Crippen LogP contribution in [0.5, 0.6) is 17.4 Å². The van der Waals surface area contributed by atoms with E-state index in [2.05, 4.69) is 4.98 Å². The second-order valence-electron chi connectivity index (χ2n) is 2.60. The Labute approximate surface area is 72.2 Å². The summed E-state index contributed by atoms with van der Waals surface area (Å²) in [6.07, 6.45) is 0. The van der Waals surface area contributed by atoms with Gasteiger partial charge in [0.05, 0.1) is 0 Å². The predicted molar refractivity (Wildman–Crippen MR) is 42.6 cm³/mol. The number of phosphoric acid groups is 1. The third-order valence-corrected chi connectivity index (χ3v) is 2.96. The van der Waals surface area contributed by atoms with Crippen molar-refractivity contribution >= 4 is 19.3 Å². The molecule has 13 heavy (non-hydrogen) atoms. The first kappa shape index (κ1) is 6.85. The zero-order valence-electron chi connectivity index (χ0n) is 6.18. The van der Waals surface area contributed by atoms with E-state index in [0.717, 1.165) is 0 Å². The van der Waals surface area contributed by atoms with Crippen molar-refractivity contribution < 1.29 is 18.1 Å². The second-order valence-corrected chi connectivity index (χ2v) is 4.04. The monoisotopic (exact) mass is 201 g/mol. The minimum absolute atomic E-state index is 0.0745. The molecular formula is C5H4N3O4P. The topological polar surface area (TPSA) is 110 Å². The number of aromatic nitrogens is 1. The molecule has 0 spiro atoms. The maximum absolute atomic E-state index is 11.4. The Hall–Kier alpha value is -1.62. The summed E-state index contributed by atoms with van der Waals surface area (Å²) < 4.78 is 25.8. The molecule has 7 nitrogen and oxygen atoms in total. The molecule has 1 aromatic rings. The molecule has 0 saturated carbocycles. The van der Waals surface area contributed by atoms with Gasteiger partial charge in [-0.25, -0.2) is 0 Å². The SMILES string of the molecule is Nc1nc2c3c(c1N)OP(=O)(O2)O3. The molecule has 3 rings (SSSR count). The third kappa shape index (κ3) is 0.654. The van der Waals surface area contributed by atoms with Crippen molar-refractivity contribution in [2.75, 3.05) is 11.5 Å². The zero-order chi connectivity index (χ0) is 9.22. The first-order chi connectivity index (χ1) is 6.09. The van der Waals surface area contributed by atoms with E-state index in [1.54, 1.807) is 0 Å². The van der Waals surface area contributed by atoms with Crippen LogP contribution in [0.1, 0.15) is 0 Å². The van der Waals surface area contributed by atoms with Gasteiger partial charge in [0.1, 0.15) is 5.69 Å². The molecule has 1 aromatic heterocycles. The Morgan fingerprint density at radius 2 is 1.85 bits per heavy atom. The maximum atomic E-state index is 11.4. The van der Waals surface area contributed by atoms with Crippen molar-refractivity contribution in [2.45, 2.75) is 0 Å². The van der Waals surface area contributed by atoms with Gasteiger partial charge in [0.2, 0.25) is 11.5 Å². The van der Waals surface area contributed by atoms with Crippen LogP contribution < -0.4 is 25.0 Å². The lowest BCUT2D eigenvalue weighted by Crippen LogP contribution is -2.05. The summed E-state index contributed by atoms with van der Waals surface area (Å²) in [7, 11) is -3.49. The lowest BCUT2D eigenvalue weighted by Gasteiger charge is -2.11. The van der Waals surface area contributed by atoms with Crippen molar-refractivity contribution in [3.05, 3.63) is 0 Å². The highest BCUT2D eigenvalue weighted by molar-refractivity contribution is 7.50. The van der Waals surface area contributed by atoms with Gasteiger partial charge in [0.15, 0.2) is 5.82 Å². The molecule has 0 fully saturated rings. The number of nitrogens with zero attached hydrogens (tertiary/aromatic N) is 1. The molecule has 0 aromatic carbocycles. The van der Waals surface area contributed by atoms with E-state index >= 15 is 0 Å². The Morgan fingerprint density at radius 3 is 2.54 bits per heavy atom. The smallest absolute Gasteiger partial charge is 0.393 e. The highest BCUT2D eigenvalue weighted by Gasteiger charge is 2.52. The Morgan fingerprint density at radius 1 is 1.15 bits per heavy atom. The molecule has 0 amide bonds. The number of hydrogen-bond donors (Lipinski definition) is 2. The maximum Gasteiger partial charge on any atom is 0.649 e. The van der Waals surface area contributed by atoms with Crippen molar-refractivity contribution in [3.63, 3.8) is 0 Å². The largest absolute Gasteiger partial charge is 0.649 e. The summed E-state index contributed by atoms with van der Waals surface area (Å²) in [6.45, 7) is 0. The number of fused-ring (bicyclic) bond motifs is 1. The highest BCUT2D eigenvalue weighted by Crippen LogP contribution is 2.69. The van der Waals surface area contributed by atoms with Gasteiger partial charge in [0.25, 0.3) is 5.88 Å². The number of nitrogen functional groups attached to an aromatic ring is 2. The molecule has 4 N–H and O–H groups in total. The van der Waals surface area contributed by atoms with E-state index in [4.69, 9.17) is 25.0 Å². The van der Waals surface area contributed by atoms with Crippen LogP contribution in [0, 0.1) is 0 Å². The van der Waals surface area contributed by atoms with Crippen LogP contribution in [-0.2, 0) is 4.57 Å². The van der Waals surface area contributed by atoms with Crippen molar-refractivity contribution in [3.8, 4) is 17.4 Å². The third-order valence-electron chi connectivity index (χ3n) is 1.75. The van der Waals surface area contributed by atoms with E-state index in [0.29, 0.717) is 0 Å². The second kappa shape index (κ2) is 1.67. The van der Waals surface area contributed by atoms with E-state index < -0.39 is 7.82 Å². The lowest BCUT2D eigenvalue weighted by atomic mass is 10.3. The van der Waals surface area contributed by atoms with Gasteiger partial charge in [-0.2, -0.15) is 9.55 Å². The molecule has 0 aliphatic carbocycles. The van der Waals surface area contributed by atoms with Gasteiger partial charge in [-0.1, -0.05) is 0 Å². The summed E-state index contributed by atoms with van der Waals surface area (Å²) in [5.41, 5.74) is 11.1. The van der Waals surface area contributed by atoms with Gasteiger partial charge >= 0.3 is 7.82 Å². The normalized spacial score (nSPS) is 26.5. The Kier molecular flexibility index (Phi) is 0.880. The molecule has 1 atom stereocenters. The summed E-state index contributed by atoms with van der Waals surface area (Å²) in [6, 6.07) is 0. The van der Waals surface area contributed by atoms with Crippen LogP contribution in [0.4, 0.5) is 11.5 Å². The molecule has 2 aliphatic rings. The Balaban J connectivity index is 2.39. The van der Waals surface area contributed by atoms with E-state index in [1.165, 1.54) is 0 Å². The average Bonchev–Trinajstić information content (AvgIpc) is 2.53. The van der Waals surface area contributed by atoms with Crippen molar-refractivity contribution in [1.82, 2.24) is 4.98 Å². The van der Waals surface area contributed by atoms with Crippen molar-refractivity contribution in [1.29, 1.82) is 0 Å². The van der Waals surface area contributed by atoms with Crippen LogP contribution >= 0.6 is 7.82 Å². The fourth-order valence-corrected chi connectivity index (χ4v) is 2.41. The highest BCUT2D eigenvalue weighted by atomic mass is 31.2. The van der Waals surface area contributed by atoms with Crippen LogP contribution in [-0.4, -0.2) is 4.98 Å². The van der Waals surface area contributed by atoms with E-state index in [9.17, 15) is 4.57 Å². The number of rotatable bonds is 0. The van der Waals surface area contributed by atoms with Crippen LogP contribution in [0.25, 0.3) is 0 Å². The van der Waals surface area contributed by atoms with Gasteiger partial charge < -0.3 is 25.0 Å². The van der Waals surface area contributed by atoms with Gasteiger partial charge in [-0.3, -0.25) is 0 Å². The van der Waals surface area contributed by atoms with Gasteiger partial charge in [-0.05, 0) is 0 Å². The first-order valence-electron chi connectivity index (χ1n) is 3.37. The molecule has 2 bridgehead atoms. The van der Waals surface area contributed by atoms with Gasteiger partial charge in [0, 0.05) is 0 Å². The lowest BCUT2D eigenvalue weighted by molar-refractivity contribution is 0.351. The quantitative estimate of drug-likeness (QED) is 0.588. The minimum atomic E-state index is -3.49. The molecule has 3 heterocycles. The summed E-state index contributed by atoms with van der Waals surface area (Å²) in [5, 5.41) is 0. The van der Waals surface area contributed by atoms with Crippen LogP contribution in [0.15, 0.2) is 0 Å². The Bertz CT molecular complexity index is 467. The van der Waals surface area contributed by atoms with Crippen LogP contribution in [0.2, 0.25) is 0 Å².